The van der Waals surface area contributed by atoms with E-state index in [0.29, 0.717) is 16.4 Å². The number of benzene rings is 1. The Labute approximate surface area is 119 Å². The number of carbonyl (C=O) groups excluding carboxylic acids is 1. The van der Waals surface area contributed by atoms with Crippen molar-refractivity contribution >= 4 is 40.2 Å². The van der Waals surface area contributed by atoms with Crippen LogP contribution in [0.4, 0.5) is 11.4 Å². The van der Waals surface area contributed by atoms with Gasteiger partial charge in [0, 0.05) is 17.3 Å². The number of anilines is 2. The molecular weight excluding hydrogens is 284 g/mol. The Bertz CT molecular complexity index is 600. The average Bonchev–Trinajstić information content (AvgIpc) is 2.85. The van der Waals surface area contributed by atoms with Gasteiger partial charge >= 0.3 is 0 Å². The van der Waals surface area contributed by atoms with E-state index in [9.17, 15) is 4.79 Å². The fourth-order valence-corrected chi connectivity index (χ4v) is 2.62. The molecule has 7 heteroatoms. The number of carbonyl (C=O) groups is 1. The van der Waals surface area contributed by atoms with Crippen LogP contribution in [0.5, 0.6) is 0 Å². The Morgan fingerprint density at radius 2 is 2.26 bits per heavy atom. The summed E-state index contributed by atoms with van der Waals surface area (Å²) in [5.41, 5.74) is 12.1. The summed E-state index contributed by atoms with van der Waals surface area (Å²) in [5, 5.41) is 6.28. The fourth-order valence-electron chi connectivity index (χ4n) is 1.70. The van der Waals surface area contributed by atoms with E-state index in [4.69, 9.17) is 23.1 Å². The van der Waals surface area contributed by atoms with Crippen LogP contribution in [0.1, 0.15) is 28.3 Å². The van der Waals surface area contributed by atoms with Crippen molar-refractivity contribution < 1.29 is 4.79 Å². The highest BCUT2D eigenvalue weighted by Crippen LogP contribution is 2.32. The first-order valence-corrected chi connectivity index (χ1v) is 6.79. The number of amides is 1. The Morgan fingerprint density at radius 3 is 2.84 bits per heavy atom. The number of nitrogens with one attached hydrogen (secondary N) is 1. The zero-order chi connectivity index (χ0) is 14.0. The predicted molar refractivity (Wildman–Crippen MR) is 78.5 cm³/mol. The minimum absolute atomic E-state index is 0.0841. The molecule has 5 N–H and O–H groups in total. The molecular formula is C12H13ClN4OS. The normalized spacial score (nSPS) is 12.1. The molecule has 2 aromatic rings. The third-order valence-corrected chi connectivity index (χ3v) is 3.82. The summed E-state index contributed by atoms with van der Waals surface area (Å²) in [4.78, 5) is 15.7. The lowest BCUT2D eigenvalue weighted by Gasteiger charge is -2.17. The molecule has 100 valence electrons. The number of nitrogens with zero attached hydrogens (tertiary/aromatic N) is 1. The number of primary amides is 1. The summed E-state index contributed by atoms with van der Waals surface area (Å²) in [6, 6.07) is 3.00. The van der Waals surface area contributed by atoms with Crippen molar-refractivity contribution in [2.24, 2.45) is 5.73 Å². The number of aromatic nitrogens is 1. The van der Waals surface area contributed by atoms with Gasteiger partial charge in [0.2, 0.25) is 0 Å². The first-order chi connectivity index (χ1) is 8.99. The summed E-state index contributed by atoms with van der Waals surface area (Å²) in [5.74, 6) is -0.581. The monoisotopic (exact) mass is 296 g/mol. The molecule has 0 radical (unpaired) electrons. The highest BCUT2D eigenvalue weighted by molar-refractivity contribution is 7.09. The van der Waals surface area contributed by atoms with Crippen molar-refractivity contribution in [2.45, 2.75) is 13.0 Å². The number of thiazole rings is 1. The number of nitrogen functional groups attached to an aromatic ring is 1. The molecule has 2 rings (SSSR count). The van der Waals surface area contributed by atoms with E-state index in [1.54, 1.807) is 12.3 Å². The second-order valence-electron chi connectivity index (χ2n) is 4.03. The first kappa shape index (κ1) is 13.6. The zero-order valence-electron chi connectivity index (χ0n) is 10.2. The number of halogens is 1. The van der Waals surface area contributed by atoms with Gasteiger partial charge in [-0.05, 0) is 19.1 Å². The van der Waals surface area contributed by atoms with Gasteiger partial charge in [-0.2, -0.15) is 0 Å². The van der Waals surface area contributed by atoms with Gasteiger partial charge in [0.15, 0.2) is 0 Å². The lowest BCUT2D eigenvalue weighted by Crippen LogP contribution is -2.17. The quantitative estimate of drug-likeness (QED) is 0.756. The molecule has 1 unspecified atom stereocenters. The van der Waals surface area contributed by atoms with Gasteiger partial charge in [-0.1, -0.05) is 11.6 Å². The molecule has 0 aliphatic carbocycles. The van der Waals surface area contributed by atoms with Gasteiger partial charge in [0.05, 0.1) is 22.3 Å². The lowest BCUT2D eigenvalue weighted by molar-refractivity contribution is 0.100. The Balaban J connectivity index is 2.36. The van der Waals surface area contributed by atoms with Crippen LogP contribution in [0.15, 0.2) is 23.7 Å². The van der Waals surface area contributed by atoms with Crippen LogP contribution in [0, 0.1) is 0 Å². The molecule has 0 saturated carbocycles. The maximum absolute atomic E-state index is 11.4. The molecule has 0 bridgehead atoms. The maximum atomic E-state index is 11.4. The van der Waals surface area contributed by atoms with Crippen molar-refractivity contribution in [3.8, 4) is 0 Å². The molecule has 0 aliphatic heterocycles. The second kappa shape index (κ2) is 5.46. The van der Waals surface area contributed by atoms with Crippen molar-refractivity contribution in [1.29, 1.82) is 0 Å². The van der Waals surface area contributed by atoms with Crippen LogP contribution in [0.2, 0.25) is 5.02 Å². The smallest absolute Gasteiger partial charge is 0.250 e. The van der Waals surface area contributed by atoms with Gasteiger partial charge in [-0.25, -0.2) is 4.98 Å². The first-order valence-electron chi connectivity index (χ1n) is 5.53. The van der Waals surface area contributed by atoms with Crippen molar-refractivity contribution in [3.63, 3.8) is 0 Å². The van der Waals surface area contributed by atoms with Crippen LogP contribution in [0.3, 0.4) is 0 Å². The van der Waals surface area contributed by atoms with Gasteiger partial charge in [0.1, 0.15) is 5.01 Å². The van der Waals surface area contributed by atoms with E-state index in [2.05, 4.69) is 10.3 Å². The van der Waals surface area contributed by atoms with E-state index in [1.165, 1.54) is 17.4 Å². The number of hydrogen-bond donors (Lipinski definition) is 3. The maximum Gasteiger partial charge on any atom is 0.250 e. The molecule has 1 amide bonds. The summed E-state index contributed by atoms with van der Waals surface area (Å²) >= 11 is 7.63. The molecule has 0 fully saturated rings. The fraction of sp³-hybridized carbons (Fsp3) is 0.167. The van der Waals surface area contributed by atoms with Crippen LogP contribution >= 0.6 is 22.9 Å². The molecule has 0 saturated heterocycles. The standard InChI is InChI=1S/C12H13ClN4OS/c1-6(12-16-2-3-19-12)17-10-8(11(15)18)4-7(14)5-9(10)13/h2-6,17H,14H2,1H3,(H2,15,18). The molecule has 1 aromatic heterocycles. The summed E-state index contributed by atoms with van der Waals surface area (Å²) in [6.07, 6.45) is 1.72. The van der Waals surface area contributed by atoms with E-state index >= 15 is 0 Å². The molecule has 0 spiro atoms. The Hall–Kier alpha value is -1.79. The lowest BCUT2D eigenvalue weighted by atomic mass is 10.1. The van der Waals surface area contributed by atoms with Crippen LogP contribution in [-0.2, 0) is 0 Å². The summed E-state index contributed by atoms with van der Waals surface area (Å²) < 4.78 is 0. The van der Waals surface area contributed by atoms with Crippen LogP contribution in [-0.4, -0.2) is 10.9 Å². The summed E-state index contributed by atoms with van der Waals surface area (Å²) in [6.45, 7) is 1.93. The van der Waals surface area contributed by atoms with Crippen molar-refractivity contribution in [3.05, 3.63) is 39.3 Å². The van der Waals surface area contributed by atoms with Gasteiger partial charge < -0.3 is 16.8 Å². The van der Waals surface area contributed by atoms with Gasteiger partial charge in [-0.15, -0.1) is 11.3 Å². The molecule has 1 aromatic carbocycles. The van der Waals surface area contributed by atoms with Crippen LogP contribution in [0.25, 0.3) is 0 Å². The van der Waals surface area contributed by atoms with Crippen molar-refractivity contribution in [2.75, 3.05) is 11.1 Å². The van der Waals surface area contributed by atoms with Gasteiger partial charge in [0.25, 0.3) is 5.91 Å². The third kappa shape index (κ3) is 2.97. The number of hydrogen-bond acceptors (Lipinski definition) is 5. The predicted octanol–water partition coefficient (Wildman–Crippen LogP) is 2.65. The van der Waals surface area contributed by atoms with E-state index in [0.717, 1.165) is 5.01 Å². The Kier molecular flexibility index (Phi) is 3.92. The summed E-state index contributed by atoms with van der Waals surface area (Å²) in [7, 11) is 0. The molecule has 1 heterocycles. The molecule has 5 nitrogen and oxygen atoms in total. The highest BCUT2D eigenvalue weighted by atomic mass is 35.5. The largest absolute Gasteiger partial charge is 0.399 e. The van der Waals surface area contributed by atoms with Gasteiger partial charge in [-0.3, -0.25) is 4.79 Å². The minimum atomic E-state index is -0.581. The molecule has 1 atom stereocenters. The third-order valence-electron chi connectivity index (χ3n) is 2.56. The number of nitrogens with two attached hydrogens (primary N) is 2. The zero-order valence-corrected chi connectivity index (χ0v) is 11.8. The Morgan fingerprint density at radius 1 is 1.53 bits per heavy atom. The van der Waals surface area contributed by atoms with E-state index < -0.39 is 5.91 Å². The molecule has 19 heavy (non-hydrogen) atoms. The van der Waals surface area contributed by atoms with E-state index in [1.807, 2.05) is 12.3 Å². The molecule has 0 aliphatic rings. The second-order valence-corrected chi connectivity index (χ2v) is 5.36. The highest BCUT2D eigenvalue weighted by Gasteiger charge is 2.17. The SMILES string of the molecule is CC(Nc1c(Cl)cc(N)cc1C(N)=O)c1nccs1. The van der Waals surface area contributed by atoms with E-state index in [-0.39, 0.29) is 11.6 Å². The number of rotatable bonds is 4. The van der Waals surface area contributed by atoms with Crippen LogP contribution < -0.4 is 16.8 Å². The van der Waals surface area contributed by atoms with Crippen molar-refractivity contribution in [1.82, 2.24) is 4.98 Å². The minimum Gasteiger partial charge on any atom is -0.399 e. The average molecular weight is 297 g/mol. The topological polar surface area (TPSA) is 94.0 Å².